The largest absolute Gasteiger partial charge is 0.454 e. The van der Waals surface area contributed by atoms with Crippen LogP contribution in [0.15, 0.2) is 18.2 Å². The highest BCUT2D eigenvalue weighted by molar-refractivity contribution is 5.85. The molecule has 0 radical (unpaired) electrons. The summed E-state index contributed by atoms with van der Waals surface area (Å²) in [6, 6.07) is 5.17. The van der Waals surface area contributed by atoms with Crippen molar-refractivity contribution in [2.24, 2.45) is 5.73 Å². The van der Waals surface area contributed by atoms with Gasteiger partial charge in [0.1, 0.15) is 0 Å². The maximum atomic E-state index is 12.1. The van der Waals surface area contributed by atoms with E-state index in [2.05, 4.69) is 0 Å². The first-order chi connectivity index (χ1) is 6.83. The molecule has 0 saturated carbocycles. The van der Waals surface area contributed by atoms with Crippen LogP contribution in [-0.2, 0) is 0 Å². The molecule has 0 saturated heterocycles. The molecule has 0 unspecified atom stereocenters. The maximum absolute atomic E-state index is 12.1. The predicted molar refractivity (Wildman–Crippen MR) is 57.3 cm³/mol. The lowest BCUT2D eigenvalue weighted by Gasteiger charge is -2.11. The third kappa shape index (κ3) is 2.33. The van der Waals surface area contributed by atoms with Gasteiger partial charge in [-0.05, 0) is 12.5 Å². The summed E-state index contributed by atoms with van der Waals surface area (Å²) in [6.45, 7) is -0.208. The Labute approximate surface area is 93.8 Å². The van der Waals surface area contributed by atoms with Crippen LogP contribution in [0.1, 0.15) is 18.0 Å². The number of benzene rings is 1. The Morgan fingerprint density at radius 2 is 2.20 bits per heavy atom. The van der Waals surface area contributed by atoms with Crippen LogP contribution in [0, 0.1) is 0 Å². The predicted octanol–water partition coefficient (Wildman–Crippen LogP) is 2.20. The molecule has 1 heterocycles. The van der Waals surface area contributed by atoms with E-state index >= 15 is 0 Å². The Morgan fingerprint density at radius 3 is 2.93 bits per heavy atom. The zero-order valence-electron chi connectivity index (χ0n) is 8.11. The number of ether oxygens (including phenoxy) is 2. The smallest absolute Gasteiger partial charge is 0.231 e. The molecule has 0 amide bonds. The molecule has 0 spiro atoms. The van der Waals surface area contributed by atoms with E-state index in [1.807, 2.05) is 18.2 Å². The quantitative estimate of drug-likeness (QED) is 0.871. The lowest BCUT2D eigenvalue weighted by Crippen LogP contribution is -2.11. The number of fused-ring (bicyclic) bond motifs is 1. The molecule has 0 aromatic heterocycles. The number of hydrogen-bond donors (Lipinski definition) is 1. The van der Waals surface area contributed by atoms with E-state index in [1.165, 1.54) is 0 Å². The van der Waals surface area contributed by atoms with Crippen molar-refractivity contribution in [1.82, 2.24) is 0 Å². The first-order valence-corrected chi connectivity index (χ1v) is 4.53. The molecular weight excluding hydrogens is 221 g/mol. The van der Waals surface area contributed by atoms with Crippen LogP contribution >= 0.6 is 12.4 Å². The number of halogens is 2. The lowest BCUT2D eigenvalue weighted by molar-refractivity contribution is 0.173. The summed E-state index contributed by atoms with van der Waals surface area (Å²) in [5.41, 5.74) is 6.62. The Hall–Kier alpha value is -1.00. The second-order valence-corrected chi connectivity index (χ2v) is 3.17. The molecule has 1 atom stereocenters. The summed E-state index contributed by atoms with van der Waals surface area (Å²) in [7, 11) is 0. The molecule has 2 N–H and O–H groups in total. The molecule has 3 nitrogen and oxygen atoms in total. The highest BCUT2D eigenvalue weighted by Crippen LogP contribution is 2.38. The van der Waals surface area contributed by atoms with Gasteiger partial charge < -0.3 is 15.2 Å². The molecule has 2 rings (SSSR count). The maximum Gasteiger partial charge on any atom is 0.231 e. The van der Waals surface area contributed by atoms with E-state index < -0.39 is 6.67 Å². The van der Waals surface area contributed by atoms with Crippen LogP contribution in [0.3, 0.4) is 0 Å². The van der Waals surface area contributed by atoms with Crippen molar-refractivity contribution in [2.45, 2.75) is 12.5 Å². The van der Waals surface area contributed by atoms with E-state index in [-0.39, 0.29) is 25.2 Å². The van der Waals surface area contributed by atoms with Gasteiger partial charge in [0.15, 0.2) is 11.5 Å². The minimum Gasteiger partial charge on any atom is -0.454 e. The van der Waals surface area contributed by atoms with Gasteiger partial charge in [-0.15, -0.1) is 12.4 Å². The van der Waals surface area contributed by atoms with Crippen LogP contribution in [0.5, 0.6) is 11.5 Å². The topological polar surface area (TPSA) is 44.5 Å². The fourth-order valence-corrected chi connectivity index (χ4v) is 1.52. The lowest BCUT2D eigenvalue weighted by atomic mass is 10.0. The van der Waals surface area contributed by atoms with Crippen LogP contribution in [0.25, 0.3) is 0 Å². The van der Waals surface area contributed by atoms with E-state index in [0.29, 0.717) is 17.9 Å². The third-order valence-electron chi connectivity index (χ3n) is 2.25. The molecule has 1 aromatic carbocycles. The van der Waals surface area contributed by atoms with Crippen LogP contribution in [-0.4, -0.2) is 13.5 Å². The molecule has 1 aromatic rings. The Balaban J connectivity index is 0.00000112. The molecular formula is C10H13ClFNO2. The highest BCUT2D eigenvalue weighted by Gasteiger charge is 2.20. The summed E-state index contributed by atoms with van der Waals surface area (Å²) < 4.78 is 22.6. The van der Waals surface area contributed by atoms with Crippen molar-refractivity contribution in [3.8, 4) is 11.5 Å². The SMILES string of the molecule is Cl.N[C@H](CCF)c1cccc2c1OCO2. The van der Waals surface area contributed by atoms with Gasteiger partial charge >= 0.3 is 0 Å². The summed E-state index contributed by atoms with van der Waals surface area (Å²) in [5, 5.41) is 0. The van der Waals surface area contributed by atoms with Gasteiger partial charge in [0.2, 0.25) is 6.79 Å². The number of alkyl halides is 1. The van der Waals surface area contributed by atoms with Crippen molar-refractivity contribution in [3.05, 3.63) is 23.8 Å². The average molecular weight is 234 g/mol. The van der Waals surface area contributed by atoms with E-state index in [0.717, 1.165) is 5.56 Å². The zero-order chi connectivity index (χ0) is 9.97. The van der Waals surface area contributed by atoms with Gasteiger partial charge in [-0.1, -0.05) is 12.1 Å². The minimum absolute atomic E-state index is 0. The van der Waals surface area contributed by atoms with Crippen LogP contribution in [0.4, 0.5) is 4.39 Å². The van der Waals surface area contributed by atoms with E-state index in [9.17, 15) is 4.39 Å². The van der Waals surface area contributed by atoms with Crippen molar-refractivity contribution in [3.63, 3.8) is 0 Å². The number of para-hydroxylation sites is 1. The van der Waals surface area contributed by atoms with Crippen molar-refractivity contribution >= 4 is 12.4 Å². The van der Waals surface area contributed by atoms with Crippen LogP contribution in [0.2, 0.25) is 0 Å². The standard InChI is InChI=1S/C10H12FNO2.ClH/c11-5-4-8(12)7-2-1-3-9-10(7)14-6-13-9;/h1-3,8H,4-6,12H2;1H/t8-;/m1./s1. The Kier molecular flexibility index (Phi) is 4.17. The molecule has 0 bridgehead atoms. The molecule has 0 fully saturated rings. The third-order valence-corrected chi connectivity index (χ3v) is 2.25. The molecule has 1 aliphatic rings. The second kappa shape index (κ2) is 5.19. The van der Waals surface area contributed by atoms with Crippen molar-refractivity contribution < 1.29 is 13.9 Å². The molecule has 0 aliphatic carbocycles. The summed E-state index contributed by atoms with van der Waals surface area (Å²) >= 11 is 0. The first-order valence-electron chi connectivity index (χ1n) is 4.53. The number of hydrogen-bond acceptors (Lipinski definition) is 3. The van der Waals surface area contributed by atoms with Crippen LogP contribution < -0.4 is 15.2 Å². The van der Waals surface area contributed by atoms with Gasteiger partial charge in [-0.2, -0.15) is 0 Å². The highest BCUT2D eigenvalue weighted by atomic mass is 35.5. The minimum atomic E-state index is -0.425. The fraction of sp³-hybridized carbons (Fsp3) is 0.400. The van der Waals surface area contributed by atoms with E-state index in [4.69, 9.17) is 15.2 Å². The van der Waals surface area contributed by atoms with Gasteiger partial charge in [-0.25, -0.2) is 0 Å². The van der Waals surface area contributed by atoms with Gasteiger partial charge in [0, 0.05) is 11.6 Å². The van der Waals surface area contributed by atoms with Gasteiger partial charge in [0.05, 0.1) is 6.67 Å². The van der Waals surface area contributed by atoms with E-state index in [1.54, 1.807) is 0 Å². The van der Waals surface area contributed by atoms with Gasteiger partial charge in [-0.3, -0.25) is 4.39 Å². The Bertz CT molecular complexity index is 335. The second-order valence-electron chi connectivity index (χ2n) is 3.17. The Morgan fingerprint density at radius 1 is 1.40 bits per heavy atom. The molecule has 84 valence electrons. The monoisotopic (exact) mass is 233 g/mol. The summed E-state index contributed by atoms with van der Waals surface area (Å²) in [6.07, 6.45) is 0.305. The molecule has 5 heteroatoms. The summed E-state index contributed by atoms with van der Waals surface area (Å²) in [5.74, 6) is 1.35. The van der Waals surface area contributed by atoms with Crippen molar-refractivity contribution in [1.29, 1.82) is 0 Å². The van der Waals surface area contributed by atoms with Crippen molar-refractivity contribution in [2.75, 3.05) is 13.5 Å². The zero-order valence-corrected chi connectivity index (χ0v) is 8.93. The summed E-state index contributed by atoms with van der Waals surface area (Å²) in [4.78, 5) is 0. The van der Waals surface area contributed by atoms with Gasteiger partial charge in [0.25, 0.3) is 0 Å². The number of nitrogens with two attached hydrogens (primary N) is 1. The average Bonchev–Trinajstić information content (AvgIpc) is 2.65. The molecule has 15 heavy (non-hydrogen) atoms. The molecule has 1 aliphatic heterocycles. The number of rotatable bonds is 3. The normalized spacial score (nSPS) is 14.5. The first kappa shape index (κ1) is 12.1. The fourth-order valence-electron chi connectivity index (χ4n) is 1.52.